The standard InChI is InChI=1S/C16H22N4O3/c21-15(20-9-1-2-11-22-20)14-5-4-12-13(23-14)6-10-19(12)16-17-7-3-8-18-16/h3,7-8,12-14H,1-2,4-6,9-11H2/t12-,13-,14-/m1/s1. The lowest BCUT2D eigenvalue weighted by Gasteiger charge is -2.37. The van der Waals surface area contributed by atoms with Gasteiger partial charge in [0.15, 0.2) is 0 Å². The van der Waals surface area contributed by atoms with Crippen molar-refractivity contribution in [2.45, 2.75) is 50.4 Å². The summed E-state index contributed by atoms with van der Waals surface area (Å²) in [5, 5.41) is 1.50. The zero-order chi connectivity index (χ0) is 15.6. The summed E-state index contributed by atoms with van der Waals surface area (Å²) in [4.78, 5) is 28.9. The Hall–Kier alpha value is -1.73. The van der Waals surface area contributed by atoms with Crippen LogP contribution in [-0.2, 0) is 14.4 Å². The van der Waals surface area contributed by atoms with Crippen LogP contribution in [0, 0.1) is 0 Å². The maximum absolute atomic E-state index is 12.5. The Kier molecular flexibility index (Phi) is 4.13. The maximum Gasteiger partial charge on any atom is 0.275 e. The van der Waals surface area contributed by atoms with E-state index in [-0.39, 0.29) is 24.2 Å². The van der Waals surface area contributed by atoms with E-state index in [0.29, 0.717) is 13.2 Å². The van der Waals surface area contributed by atoms with Gasteiger partial charge in [-0.1, -0.05) is 0 Å². The fourth-order valence-electron chi connectivity index (χ4n) is 3.73. The van der Waals surface area contributed by atoms with Crippen molar-refractivity contribution in [1.82, 2.24) is 15.0 Å². The van der Waals surface area contributed by atoms with Crippen LogP contribution in [0.1, 0.15) is 32.1 Å². The molecule has 3 aliphatic heterocycles. The molecule has 3 atom stereocenters. The molecule has 3 saturated heterocycles. The first-order valence-electron chi connectivity index (χ1n) is 8.46. The van der Waals surface area contributed by atoms with Gasteiger partial charge in [0.1, 0.15) is 6.10 Å². The summed E-state index contributed by atoms with van der Waals surface area (Å²) in [5.74, 6) is 0.741. The lowest BCUT2D eigenvalue weighted by Crippen LogP contribution is -2.50. The second-order valence-electron chi connectivity index (χ2n) is 6.32. The molecule has 1 aromatic rings. The summed E-state index contributed by atoms with van der Waals surface area (Å²) in [5.41, 5.74) is 0. The molecule has 0 aromatic carbocycles. The molecule has 0 spiro atoms. The largest absolute Gasteiger partial charge is 0.363 e. The number of anilines is 1. The van der Waals surface area contributed by atoms with Crippen LogP contribution < -0.4 is 4.90 Å². The summed E-state index contributed by atoms with van der Waals surface area (Å²) in [7, 11) is 0. The molecule has 0 aliphatic carbocycles. The highest BCUT2D eigenvalue weighted by molar-refractivity contribution is 5.80. The maximum atomic E-state index is 12.5. The van der Waals surface area contributed by atoms with Gasteiger partial charge in [-0.15, -0.1) is 0 Å². The molecule has 0 bridgehead atoms. The predicted molar refractivity (Wildman–Crippen MR) is 82.6 cm³/mol. The van der Waals surface area contributed by atoms with Crippen LogP contribution in [-0.4, -0.2) is 58.9 Å². The van der Waals surface area contributed by atoms with E-state index in [2.05, 4.69) is 14.9 Å². The summed E-state index contributed by atoms with van der Waals surface area (Å²) in [6.45, 7) is 2.18. The van der Waals surface area contributed by atoms with E-state index in [4.69, 9.17) is 9.57 Å². The molecule has 7 heteroatoms. The highest BCUT2D eigenvalue weighted by Gasteiger charge is 2.43. The van der Waals surface area contributed by atoms with Gasteiger partial charge < -0.3 is 9.64 Å². The number of aromatic nitrogens is 2. The quantitative estimate of drug-likeness (QED) is 0.815. The molecule has 0 saturated carbocycles. The average Bonchev–Trinajstić information content (AvgIpc) is 3.06. The van der Waals surface area contributed by atoms with Gasteiger partial charge in [-0.2, -0.15) is 0 Å². The average molecular weight is 318 g/mol. The van der Waals surface area contributed by atoms with Crippen molar-refractivity contribution >= 4 is 11.9 Å². The van der Waals surface area contributed by atoms with Crippen molar-refractivity contribution in [1.29, 1.82) is 0 Å². The highest BCUT2D eigenvalue weighted by atomic mass is 16.7. The summed E-state index contributed by atoms with van der Waals surface area (Å²) < 4.78 is 6.11. The number of ether oxygens (including phenoxy) is 1. The lowest BCUT2D eigenvalue weighted by atomic mass is 9.98. The molecule has 124 valence electrons. The fraction of sp³-hybridized carbons (Fsp3) is 0.688. The van der Waals surface area contributed by atoms with Crippen molar-refractivity contribution in [3.63, 3.8) is 0 Å². The summed E-state index contributed by atoms with van der Waals surface area (Å²) in [6, 6.07) is 2.09. The third-order valence-electron chi connectivity index (χ3n) is 4.88. The van der Waals surface area contributed by atoms with Crippen LogP contribution in [0.5, 0.6) is 0 Å². The van der Waals surface area contributed by atoms with Gasteiger partial charge in [0, 0.05) is 25.5 Å². The zero-order valence-corrected chi connectivity index (χ0v) is 13.1. The SMILES string of the molecule is O=C([C@H]1CC[C@@H]2[C@@H](CCN2c2ncccn2)O1)N1CCCCO1. The molecule has 1 amide bonds. The van der Waals surface area contributed by atoms with Crippen LogP contribution in [0.4, 0.5) is 5.95 Å². The molecule has 0 unspecified atom stereocenters. The van der Waals surface area contributed by atoms with Crippen LogP contribution >= 0.6 is 0 Å². The number of carbonyl (C=O) groups excluding carboxylic acids is 1. The van der Waals surface area contributed by atoms with Crippen molar-refractivity contribution in [3.8, 4) is 0 Å². The molecule has 4 rings (SSSR count). The molecular formula is C16H22N4O3. The number of amides is 1. The van der Waals surface area contributed by atoms with Crippen molar-refractivity contribution in [3.05, 3.63) is 18.5 Å². The number of hydrogen-bond donors (Lipinski definition) is 0. The third kappa shape index (κ3) is 2.90. The number of nitrogens with zero attached hydrogens (tertiary/aromatic N) is 4. The number of rotatable bonds is 2. The van der Waals surface area contributed by atoms with E-state index >= 15 is 0 Å². The molecule has 0 radical (unpaired) electrons. The van der Waals surface area contributed by atoms with E-state index in [1.807, 2.05) is 6.07 Å². The molecule has 23 heavy (non-hydrogen) atoms. The van der Waals surface area contributed by atoms with Gasteiger partial charge in [0.2, 0.25) is 5.95 Å². The van der Waals surface area contributed by atoms with Gasteiger partial charge in [-0.25, -0.2) is 15.0 Å². The third-order valence-corrected chi connectivity index (χ3v) is 4.88. The van der Waals surface area contributed by atoms with Gasteiger partial charge >= 0.3 is 0 Å². The van der Waals surface area contributed by atoms with Crippen LogP contribution in [0.2, 0.25) is 0 Å². The molecule has 4 heterocycles. The minimum absolute atomic E-state index is 0.0161. The highest BCUT2D eigenvalue weighted by Crippen LogP contribution is 2.34. The van der Waals surface area contributed by atoms with Crippen molar-refractivity contribution in [2.24, 2.45) is 0 Å². The first kappa shape index (κ1) is 14.8. The van der Waals surface area contributed by atoms with Crippen LogP contribution in [0.15, 0.2) is 18.5 Å². The number of fused-ring (bicyclic) bond motifs is 1. The smallest absolute Gasteiger partial charge is 0.275 e. The number of hydrogen-bond acceptors (Lipinski definition) is 6. The fourth-order valence-corrected chi connectivity index (χ4v) is 3.73. The first-order valence-corrected chi connectivity index (χ1v) is 8.46. The van der Waals surface area contributed by atoms with E-state index in [0.717, 1.165) is 44.6 Å². The first-order chi connectivity index (χ1) is 11.3. The van der Waals surface area contributed by atoms with Gasteiger partial charge in [0.25, 0.3) is 5.91 Å². The Balaban J connectivity index is 1.40. The van der Waals surface area contributed by atoms with E-state index in [9.17, 15) is 4.79 Å². The molecule has 0 N–H and O–H groups in total. The molecule has 3 aliphatic rings. The normalized spacial score (nSPS) is 31.0. The molecule has 3 fully saturated rings. The Bertz CT molecular complexity index is 550. The van der Waals surface area contributed by atoms with Crippen molar-refractivity contribution < 1.29 is 14.4 Å². The Morgan fingerprint density at radius 2 is 2.00 bits per heavy atom. The monoisotopic (exact) mass is 318 g/mol. The van der Waals surface area contributed by atoms with Crippen LogP contribution in [0.3, 0.4) is 0 Å². The molecule has 1 aromatic heterocycles. The van der Waals surface area contributed by atoms with Crippen LogP contribution in [0.25, 0.3) is 0 Å². The van der Waals surface area contributed by atoms with Crippen molar-refractivity contribution in [2.75, 3.05) is 24.6 Å². The number of carbonyl (C=O) groups is 1. The van der Waals surface area contributed by atoms with Gasteiger partial charge in [-0.3, -0.25) is 9.63 Å². The van der Waals surface area contributed by atoms with Gasteiger partial charge in [0.05, 0.1) is 18.8 Å². The minimum atomic E-state index is -0.369. The second kappa shape index (κ2) is 6.41. The van der Waals surface area contributed by atoms with Gasteiger partial charge in [-0.05, 0) is 38.2 Å². The molecular weight excluding hydrogens is 296 g/mol. The second-order valence-corrected chi connectivity index (χ2v) is 6.32. The predicted octanol–water partition coefficient (Wildman–Crippen LogP) is 1.16. The minimum Gasteiger partial charge on any atom is -0.363 e. The molecule has 7 nitrogen and oxygen atoms in total. The Labute approximate surface area is 135 Å². The lowest BCUT2D eigenvalue weighted by molar-refractivity contribution is -0.212. The van der Waals surface area contributed by atoms with E-state index in [1.165, 1.54) is 5.06 Å². The van der Waals surface area contributed by atoms with E-state index in [1.54, 1.807) is 12.4 Å². The topological polar surface area (TPSA) is 67.8 Å². The Morgan fingerprint density at radius 1 is 1.13 bits per heavy atom. The summed E-state index contributed by atoms with van der Waals surface area (Å²) >= 11 is 0. The Morgan fingerprint density at radius 3 is 2.78 bits per heavy atom. The zero-order valence-electron chi connectivity index (χ0n) is 13.1. The number of hydroxylamine groups is 2. The summed E-state index contributed by atoms with van der Waals surface area (Å²) in [6.07, 6.45) is 7.82. The van der Waals surface area contributed by atoms with E-state index < -0.39 is 0 Å².